The van der Waals surface area contributed by atoms with Crippen LogP contribution in [0.1, 0.15) is 0 Å². The lowest BCUT2D eigenvalue weighted by Crippen LogP contribution is -2.18. The highest BCUT2D eigenvalue weighted by Gasteiger charge is 2.07. The van der Waals surface area contributed by atoms with Gasteiger partial charge in [-0.3, -0.25) is 4.79 Å². The van der Waals surface area contributed by atoms with Gasteiger partial charge in [-0.15, -0.1) is 10.2 Å². The molecule has 0 aliphatic carbocycles. The molecule has 0 radical (unpaired) electrons. The van der Waals surface area contributed by atoms with E-state index in [0.29, 0.717) is 11.3 Å². The molecular weight excluding hydrogens is 196 g/mol. The number of fused-ring (bicyclic) bond motifs is 3. The van der Waals surface area contributed by atoms with Crippen molar-refractivity contribution in [3.63, 3.8) is 0 Å². The summed E-state index contributed by atoms with van der Waals surface area (Å²) < 4.78 is 2.93. The van der Waals surface area contributed by atoms with E-state index in [-0.39, 0.29) is 11.1 Å². The molecule has 3 rings (SSSR count). The first kappa shape index (κ1) is 8.04. The number of hydrogen-bond donors (Lipinski definition) is 0. The van der Waals surface area contributed by atoms with E-state index in [1.165, 1.54) is 15.4 Å². The third kappa shape index (κ3) is 0.967. The molecule has 0 N–H and O–H groups in total. The van der Waals surface area contributed by atoms with Gasteiger partial charge in [0.05, 0.1) is 0 Å². The number of aryl methyl sites for hydroxylation is 1. The average Bonchev–Trinajstić information content (AvgIpc) is 2.71. The summed E-state index contributed by atoms with van der Waals surface area (Å²) in [5, 5.41) is 11.6. The van der Waals surface area contributed by atoms with Crippen molar-refractivity contribution in [2.24, 2.45) is 7.05 Å². The van der Waals surface area contributed by atoms with Crippen LogP contribution in [0.25, 0.3) is 16.8 Å². The summed E-state index contributed by atoms with van der Waals surface area (Å²) in [7, 11) is 1.66. The Labute approximate surface area is 83.0 Å². The minimum absolute atomic E-state index is 0.197. The largest absolute Gasteiger partial charge is 0.317 e. The summed E-state index contributed by atoms with van der Waals surface area (Å²) in [6.45, 7) is 0. The molecule has 0 unspecified atom stereocenters. The van der Waals surface area contributed by atoms with Crippen molar-refractivity contribution in [3.05, 3.63) is 28.9 Å². The maximum absolute atomic E-state index is 11.7. The molecule has 0 aliphatic heterocycles. The van der Waals surface area contributed by atoms with Gasteiger partial charge in [0.1, 0.15) is 11.8 Å². The van der Waals surface area contributed by atoms with Gasteiger partial charge in [-0.25, -0.2) is 0 Å². The number of rotatable bonds is 0. The van der Waals surface area contributed by atoms with Crippen LogP contribution in [-0.2, 0) is 7.05 Å². The SMILES string of the molecule is Cn1ccc2c(nnc3ncnn32)c1=O. The van der Waals surface area contributed by atoms with Crippen LogP contribution in [0.4, 0.5) is 0 Å². The minimum Gasteiger partial charge on any atom is -0.317 e. The van der Waals surface area contributed by atoms with Crippen LogP contribution < -0.4 is 5.56 Å². The zero-order valence-electron chi connectivity index (χ0n) is 7.82. The normalized spacial score (nSPS) is 11.3. The van der Waals surface area contributed by atoms with Gasteiger partial charge in [0.2, 0.25) is 0 Å². The van der Waals surface area contributed by atoms with Crippen LogP contribution in [-0.4, -0.2) is 29.4 Å². The number of pyridine rings is 1. The van der Waals surface area contributed by atoms with E-state index in [0.717, 1.165) is 0 Å². The zero-order valence-corrected chi connectivity index (χ0v) is 7.82. The number of aromatic nitrogens is 6. The molecule has 3 aromatic heterocycles. The fourth-order valence-corrected chi connectivity index (χ4v) is 1.44. The highest BCUT2D eigenvalue weighted by molar-refractivity contribution is 5.73. The van der Waals surface area contributed by atoms with E-state index in [4.69, 9.17) is 0 Å². The lowest BCUT2D eigenvalue weighted by atomic mass is 10.4. The molecule has 3 aromatic rings. The Morgan fingerprint density at radius 2 is 2.20 bits per heavy atom. The Morgan fingerprint density at radius 3 is 3.07 bits per heavy atom. The van der Waals surface area contributed by atoms with E-state index in [9.17, 15) is 4.79 Å². The van der Waals surface area contributed by atoms with Crippen LogP contribution in [0, 0.1) is 0 Å². The Bertz CT molecular complexity index is 712. The van der Waals surface area contributed by atoms with Gasteiger partial charge in [0.25, 0.3) is 11.3 Å². The van der Waals surface area contributed by atoms with Crippen molar-refractivity contribution in [3.8, 4) is 0 Å². The molecule has 0 saturated heterocycles. The Morgan fingerprint density at radius 1 is 1.33 bits per heavy atom. The van der Waals surface area contributed by atoms with E-state index in [2.05, 4.69) is 20.3 Å². The van der Waals surface area contributed by atoms with E-state index in [1.54, 1.807) is 19.3 Å². The molecule has 0 atom stereocenters. The van der Waals surface area contributed by atoms with Crippen molar-refractivity contribution in [2.75, 3.05) is 0 Å². The number of nitrogens with zero attached hydrogens (tertiary/aromatic N) is 6. The van der Waals surface area contributed by atoms with E-state index < -0.39 is 0 Å². The number of hydrogen-bond acceptors (Lipinski definition) is 5. The molecule has 0 spiro atoms. The Kier molecular flexibility index (Phi) is 1.39. The minimum atomic E-state index is -0.197. The molecule has 3 heterocycles. The second-order valence-electron chi connectivity index (χ2n) is 3.14. The topological polar surface area (TPSA) is 78.0 Å². The summed E-state index contributed by atoms with van der Waals surface area (Å²) in [4.78, 5) is 15.6. The quantitative estimate of drug-likeness (QED) is 0.485. The predicted octanol–water partition coefficient (Wildman–Crippen LogP) is -0.629. The van der Waals surface area contributed by atoms with Gasteiger partial charge in [0, 0.05) is 13.2 Å². The Balaban J connectivity index is 2.66. The van der Waals surface area contributed by atoms with Crippen LogP contribution in [0.5, 0.6) is 0 Å². The Hall–Kier alpha value is -2.31. The van der Waals surface area contributed by atoms with Gasteiger partial charge >= 0.3 is 0 Å². The smallest absolute Gasteiger partial charge is 0.280 e. The molecule has 7 heteroatoms. The van der Waals surface area contributed by atoms with Gasteiger partial charge in [-0.2, -0.15) is 14.6 Å². The molecule has 0 aliphatic rings. The first-order valence-electron chi connectivity index (χ1n) is 4.29. The summed E-state index contributed by atoms with van der Waals surface area (Å²) >= 11 is 0. The van der Waals surface area contributed by atoms with E-state index in [1.807, 2.05) is 0 Å². The first-order chi connectivity index (χ1) is 7.27. The summed E-state index contributed by atoms with van der Waals surface area (Å²) in [5.41, 5.74) is 0.705. The lowest BCUT2D eigenvalue weighted by Gasteiger charge is -2.00. The monoisotopic (exact) mass is 202 g/mol. The van der Waals surface area contributed by atoms with Crippen molar-refractivity contribution in [1.82, 2.24) is 29.4 Å². The van der Waals surface area contributed by atoms with Crippen molar-refractivity contribution in [2.45, 2.75) is 0 Å². The van der Waals surface area contributed by atoms with Crippen molar-refractivity contribution in [1.29, 1.82) is 0 Å². The van der Waals surface area contributed by atoms with Gasteiger partial charge in [-0.1, -0.05) is 0 Å². The molecule has 74 valence electrons. The maximum Gasteiger partial charge on any atom is 0.280 e. The zero-order chi connectivity index (χ0) is 10.4. The fourth-order valence-electron chi connectivity index (χ4n) is 1.44. The average molecular weight is 202 g/mol. The molecule has 0 saturated carbocycles. The van der Waals surface area contributed by atoms with E-state index >= 15 is 0 Å². The van der Waals surface area contributed by atoms with Crippen LogP contribution in [0.2, 0.25) is 0 Å². The molecule has 15 heavy (non-hydrogen) atoms. The summed E-state index contributed by atoms with van der Waals surface area (Å²) in [5.74, 6) is 0.385. The molecule has 0 bridgehead atoms. The third-order valence-corrected chi connectivity index (χ3v) is 2.22. The molecule has 0 amide bonds. The maximum atomic E-state index is 11.7. The lowest BCUT2D eigenvalue weighted by molar-refractivity contribution is 0.850. The predicted molar refractivity (Wildman–Crippen MR) is 51.3 cm³/mol. The van der Waals surface area contributed by atoms with Crippen LogP contribution >= 0.6 is 0 Å². The summed E-state index contributed by atoms with van der Waals surface area (Å²) in [6.07, 6.45) is 3.04. The first-order valence-corrected chi connectivity index (χ1v) is 4.29. The van der Waals surface area contributed by atoms with Crippen molar-refractivity contribution >= 4 is 16.8 Å². The molecule has 7 nitrogen and oxygen atoms in total. The highest BCUT2D eigenvalue weighted by atomic mass is 16.1. The van der Waals surface area contributed by atoms with Crippen LogP contribution in [0.15, 0.2) is 23.4 Å². The molecule has 0 fully saturated rings. The second kappa shape index (κ2) is 2.59. The highest BCUT2D eigenvalue weighted by Crippen LogP contribution is 2.05. The summed E-state index contributed by atoms with van der Waals surface area (Å²) in [6, 6.07) is 1.76. The van der Waals surface area contributed by atoms with Gasteiger partial charge in [0.15, 0.2) is 5.52 Å². The van der Waals surface area contributed by atoms with Gasteiger partial charge < -0.3 is 4.57 Å². The van der Waals surface area contributed by atoms with Crippen LogP contribution in [0.3, 0.4) is 0 Å². The fraction of sp³-hybridized carbons (Fsp3) is 0.125. The van der Waals surface area contributed by atoms with Gasteiger partial charge in [-0.05, 0) is 6.07 Å². The molecular formula is C8H6N6O. The molecule has 0 aromatic carbocycles. The second-order valence-corrected chi connectivity index (χ2v) is 3.14. The van der Waals surface area contributed by atoms with Crippen molar-refractivity contribution < 1.29 is 0 Å². The standard InChI is InChI=1S/C8H6N6O/c1-13-3-2-5-6(7(13)15)11-12-8-9-4-10-14(5)8/h2-4H,1H3. The third-order valence-electron chi connectivity index (χ3n) is 2.22.